The molecule has 2 N–H and O–H groups in total. The van der Waals surface area contributed by atoms with Crippen LogP contribution < -0.4 is 10.6 Å². The maximum Gasteiger partial charge on any atom is 0.325 e. The Hall–Kier alpha value is -2.90. The highest BCUT2D eigenvalue weighted by molar-refractivity contribution is 6.02. The Balaban J connectivity index is 1.37. The molecule has 4 amide bonds. The summed E-state index contributed by atoms with van der Waals surface area (Å²) in [4.78, 5) is 49.9. The van der Waals surface area contributed by atoms with E-state index in [1.807, 2.05) is 30.9 Å². The number of anilines is 1. The van der Waals surface area contributed by atoms with Crippen LogP contribution in [0.1, 0.15) is 36.8 Å². The summed E-state index contributed by atoms with van der Waals surface area (Å²) in [6.07, 6.45) is 3.00. The first-order valence-electron chi connectivity index (χ1n) is 9.97. The molecule has 1 saturated heterocycles. The highest BCUT2D eigenvalue weighted by atomic mass is 16.5. The molecule has 3 rings (SSSR count). The number of hydrogen-bond donors (Lipinski definition) is 2. The topological polar surface area (TPSA) is 105 Å². The molecule has 1 aromatic carbocycles. The van der Waals surface area contributed by atoms with Gasteiger partial charge in [0.2, 0.25) is 5.91 Å². The molecule has 1 aliphatic heterocycles. The molecular formula is C21H27N3O5. The van der Waals surface area contributed by atoms with Gasteiger partial charge in [-0.25, -0.2) is 4.79 Å². The van der Waals surface area contributed by atoms with Crippen molar-refractivity contribution >= 4 is 29.5 Å². The second kappa shape index (κ2) is 9.07. The van der Waals surface area contributed by atoms with Crippen LogP contribution in [0.2, 0.25) is 0 Å². The van der Waals surface area contributed by atoms with Gasteiger partial charge in [-0.2, -0.15) is 0 Å². The number of benzene rings is 1. The summed E-state index contributed by atoms with van der Waals surface area (Å²) in [5.74, 6) is -1.12. The molecule has 29 heavy (non-hydrogen) atoms. The van der Waals surface area contributed by atoms with Crippen molar-refractivity contribution in [3.05, 3.63) is 29.3 Å². The highest BCUT2D eigenvalue weighted by Gasteiger charge is 2.36. The molecule has 156 valence electrons. The van der Waals surface area contributed by atoms with Gasteiger partial charge in [0.05, 0.1) is 5.92 Å². The molecule has 0 radical (unpaired) electrons. The standard InChI is InChI=1S/C21H27N3O5/c1-13-4-3-5-17(14(13)2)22-21(28)23-18(25)12-29-20(27)16-8-10-24(11-9-16)19(26)15-6-7-15/h3-5,15-16H,6-12H2,1-2H3,(H2,22,23,25,28). The van der Waals surface area contributed by atoms with Crippen molar-refractivity contribution in [1.82, 2.24) is 10.2 Å². The minimum absolute atomic E-state index is 0.178. The lowest BCUT2D eigenvalue weighted by Crippen LogP contribution is -2.42. The number of carbonyl (C=O) groups excluding carboxylic acids is 4. The zero-order chi connectivity index (χ0) is 21.0. The number of nitrogens with one attached hydrogen (secondary N) is 2. The van der Waals surface area contributed by atoms with Crippen molar-refractivity contribution < 1.29 is 23.9 Å². The van der Waals surface area contributed by atoms with Gasteiger partial charge in [0, 0.05) is 24.7 Å². The summed E-state index contributed by atoms with van der Waals surface area (Å²) in [5, 5.41) is 4.77. The molecule has 0 spiro atoms. The number of imide groups is 1. The lowest BCUT2D eigenvalue weighted by atomic mass is 9.97. The fourth-order valence-electron chi connectivity index (χ4n) is 3.38. The first-order valence-corrected chi connectivity index (χ1v) is 9.97. The van der Waals surface area contributed by atoms with Crippen LogP contribution in [0.15, 0.2) is 18.2 Å². The van der Waals surface area contributed by atoms with Crippen LogP contribution in [0.3, 0.4) is 0 Å². The van der Waals surface area contributed by atoms with E-state index in [0.717, 1.165) is 24.0 Å². The largest absolute Gasteiger partial charge is 0.455 e. The predicted molar refractivity (Wildman–Crippen MR) is 106 cm³/mol. The van der Waals surface area contributed by atoms with Crippen LogP contribution in [-0.2, 0) is 19.1 Å². The van der Waals surface area contributed by atoms with E-state index in [0.29, 0.717) is 31.6 Å². The average molecular weight is 401 g/mol. The van der Waals surface area contributed by atoms with Crippen LogP contribution in [0, 0.1) is 25.7 Å². The van der Waals surface area contributed by atoms with Crippen molar-refractivity contribution in [3.63, 3.8) is 0 Å². The van der Waals surface area contributed by atoms with Gasteiger partial charge in [-0.3, -0.25) is 19.7 Å². The smallest absolute Gasteiger partial charge is 0.325 e. The van der Waals surface area contributed by atoms with Gasteiger partial charge in [0.1, 0.15) is 0 Å². The molecule has 1 aromatic rings. The molecule has 1 heterocycles. The van der Waals surface area contributed by atoms with Crippen molar-refractivity contribution in [2.45, 2.75) is 39.5 Å². The molecule has 8 nitrogen and oxygen atoms in total. The number of urea groups is 1. The van der Waals surface area contributed by atoms with Gasteiger partial charge in [-0.15, -0.1) is 0 Å². The average Bonchev–Trinajstić information content (AvgIpc) is 3.54. The van der Waals surface area contributed by atoms with Crippen molar-refractivity contribution in [2.24, 2.45) is 11.8 Å². The van der Waals surface area contributed by atoms with Gasteiger partial charge in [0.15, 0.2) is 6.61 Å². The lowest BCUT2D eigenvalue weighted by molar-refractivity contribution is -0.154. The fourth-order valence-corrected chi connectivity index (χ4v) is 3.38. The Morgan fingerprint density at radius 3 is 2.38 bits per heavy atom. The summed E-state index contributed by atoms with van der Waals surface area (Å²) in [6, 6.07) is 4.80. The molecule has 2 fully saturated rings. The number of ether oxygens (including phenoxy) is 1. The second-order valence-electron chi connectivity index (χ2n) is 7.73. The molecule has 0 aromatic heterocycles. The van der Waals surface area contributed by atoms with E-state index in [9.17, 15) is 19.2 Å². The van der Waals surface area contributed by atoms with E-state index in [2.05, 4.69) is 10.6 Å². The second-order valence-corrected chi connectivity index (χ2v) is 7.73. The van der Waals surface area contributed by atoms with E-state index in [1.54, 1.807) is 6.07 Å². The Labute approximate surface area is 170 Å². The van der Waals surface area contributed by atoms with Gasteiger partial charge < -0.3 is 15.0 Å². The predicted octanol–water partition coefficient (Wildman–Crippen LogP) is 2.14. The maximum absolute atomic E-state index is 12.2. The minimum Gasteiger partial charge on any atom is -0.455 e. The van der Waals surface area contributed by atoms with Gasteiger partial charge in [-0.1, -0.05) is 12.1 Å². The first-order chi connectivity index (χ1) is 13.8. The van der Waals surface area contributed by atoms with Crippen LogP contribution >= 0.6 is 0 Å². The summed E-state index contributed by atoms with van der Waals surface area (Å²) in [5.41, 5.74) is 2.54. The van der Waals surface area contributed by atoms with Crippen LogP contribution in [0.4, 0.5) is 10.5 Å². The lowest BCUT2D eigenvalue weighted by Gasteiger charge is -2.31. The number of hydrogen-bond acceptors (Lipinski definition) is 5. The number of piperidine rings is 1. The number of rotatable bonds is 5. The highest BCUT2D eigenvalue weighted by Crippen LogP contribution is 2.32. The minimum atomic E-state index is -0.692. The summed E-state index contributed by atoms with van der Waals surface area (Å²) in [6.45, 7) is 4.37. The zero-order valence-electron chi connectivity index (χ0n) is 16.8. The third-order valence-electron chi connectivity index (χ3n) is 5.52. The van der Waals surface area contributed by atoms with Crippen molar-refractivity contribution in [2.75, 3.05) is 25.0 Å². The van der Waals surface area contributed by atoms with Crippen molar-refractivity contribution in [3.8, 4) is 0 Å². The number of aryl methyl sites for hydroxylation is 1. The number of esters is 1. The molecule has 0 unspecified atom stereocenters. The third kappa shape index (κ3) is 5.56. The normalized spacial score (nSPS) is 16.8. The van der Waals surface area contributed by atoms with E-state index >= 15 is 0 Å². The first kappa shape index (κ1) is 20.8. The zero-order valence-corrected chi connectivity index (χ0v) is 16.8. The van der Waals surface area contributed by atoms with Crippen LogP contribution in [0.25, 0.3) is 0 Å². The molecule has 1 saturated carbocycles. The fraction of sp³-hybridized carbons (Fsp3) is 0.524. The molecule has 0 bridgehead atoms. The van der Waals surface area contributed by atoms with E-state index < -0.39 is 24.5 Å². The Bertz CT molecular complexity index is 811. The van der Waals surface area contributed by atoms with E-state index in [1.165, 1.54) is 0 Å². The number of carbonyl (C=O) groups is 4. The van der Waals surface area contributed by atoms with E-state index in [4.69, 9.17) is 4.74 Å². The summed E-state index contributed by atoms with van der Waals surface area (Å²) in [7, 11) is 0. The van der Waals surface area contributed by atoms with Gasteiger partial charge in [0.25, 0.3) is 5.91 Å². The van der Waals surface area contributed by atoms with Gasteiger partial charge in [-0.05, 0) is 56.7 Å². The van der Waals surface area contributed by atoms with Crippen molar-refractivity contribution in [1.29, 1.82) is 0 Å². The Morgan fingerprint density at radius 1 is 1.03 bits per heavy atom. The van der Waals surface area contributed by atoms with Crippen LogP contribution in [0.5, 0.6) is 0 Å². The maximum atomic E-state index is 12.2. The number of likely N-dealkylation sites (tertiary alicyclic amines) is 1. The van der Waals surface area contributed by atoms with Crippen LogP contribution in [-0.4, -0.2) is 48.4 Å². The third-order valence-corrected chi connectivity index (χ3v) is 5.52. The SMILES string of the molecule is Cc1cccc(NC(=O)NC(=O)COC(=O)C2CCN(C(=O)C3CC3)CC2)c1C. The quantitative estimate of drug-likeness (QED) is 0.736. The monoisotopic (exact) mass is 401 g/mol. The number of amides is 4. The van der Waals surface area contributed by atoms with E-state index in [-0.39, 0.29) is 17.7 Å². The molecule has 1 aliphatic carbocycles. The number of nitrogens with zero attached hydrogens (tertiary/aromatic N) is 1. The summed E-state index contributed by atoms with van der Waals surface area (Å²) >= 11 is 0. The molecular weight excluding hydrogens is 374 g/mol. The summed E-state index contributed by atoms with van der Waals surface area (Å²) < 4.78 is 5.06. The van der Waals surface area contributed by atoms with Gasteiger partial charge >= 0.3 is 12.0 Å². The molecule has 2 aliphatic rings. The molecule has 8 heteroatoms. The molecule has 0 atom stereocenters. The Morgan fingerprint density at radius 2 is 1.72 bits per heavy atom. The Kier molecular flexibility index (Phi) is 6.51.